The number of hydrogen-bond donors (Lipinski definition) is 0. The Balaban J connectivity index is 3.38. The first kappa shape index (κ1) is 10.4. The van der Waals surface area contributed by atoms with E-state index >= 15 is 0 Å². The molecule has 0 spiro atoms. The van der Waals surface area contributed by atoms with Crippen LogP contribution in [0.15, 0.2) is 12.1 Å². The molecular weight excluding hydrogens is 155 g/mol. The van der Waals surface area contributed by atoms with E-state index in [1.54, 1.807) is 0 Å². The zero-order valence-corrected chi connectivity index (χ0v) is 9.65. The molecule has 1 heteroatoms. The highest BCUT2D eigenvalue weighted by Crippen LogP contribution is 2.23. The Hall–Kier alpha value is -0.715. The van der Waals surface area contributed by atoms with Crippen molar-refractivity contribution in [3.05, 3.63) is 28.8 Å². The van der Waals surface area contributed by atoms with E-state index in [0.717, 1.165) is 0 Å². The first-order valence-corrected chi connectivity index (χ1v) is 4.90. The van der Waals surface area contributed by atoms with Crippen LogP contribution in [0.1, 0.15) is 37.5 Å². The van der Waals surface area contributed by atoms with Gasteiger partial charge < -0.3 is 0 Å². The minimum atomic E-state index is 0.266. The van der Waals surface area contributed by atoms with Crippen LogP contribution in [-0.4, -0.2) is 7.85 Å². The van der Waals surface area contributed by atoms with Crippen molar-refractivity contribution < 1.29 is 0 Å². The lowest BCUT2D eigenvalue weighted by atomic mass is 9.74. The van der Waals surface area contributed by atoms with E-state index in [-0.39, 0.29) is 5.41 Å². The van der Waals surface area contributed by atoms with E-state index in [0.29, 0.717) is 0 Å². The first-order chi connectivity index (χ1) is 5.82. The van der Waals surface area contributed by atoms with Crippen molar-refractivity contribution in [1.29, 1.82) is 0 Å². The van der Waals surface area contributed by atoms with Crippen LogP contribution in [0.5, 0.6) is 0 Å². The Morgan fingerprint density at radius 1 is 1.08 bits per heavy atom. The van der Waals surface area contributed by atoms with Gasteiger partial charge in [0.05, 0.1) is 0 Å². The Labute approximate surface area is 82.8 Å². The predicted molar refractivity (Wildman–Crippen MR) is 62.8 cm³/mol. The number of hydrogen-bond acceptors (Lipinski definition) is 0. The Morgan fingerprint density at radius 3 is 2.00 bits per heavy atom. The zero-order valence-electron chi connectivity index (χ0n) is 9.65. The lowest BCUT2D eigenvalue weighted by Crippen LogP contribution is -2.25. The second kappa shape index (κ2) is 3.21. The van der Waals surface area contributed by atoms with Gasteiger partial charge in [0, 0.05) is 0 Å². The molecule has 0 saturated heterocycles. The molecule has 0 heterocycles. The topological polar surface area (TPSA) is 0 Å². The van der Waals surface area contributed by atoms with Gasteiger partial charge in [-0.3, -0.25) is 0 Å². The van der Waals surface area contributed by atoms with Gasteiger partial charge in [-0.2, -0.15) is 0 Å². The highest BCUT2D eigenvalue weighted by Gasteiger charge is 2.18. The molecular formula is C12H19B. The average Bonchev–Trinajstić information content (AvgIpc) is 1.78. The second-order valence-electron chi connectivity index (χ2n) is 5.02. The zero-order chi connectivity index (χ0) is 10.2. The van der Waals surface area contributed by atoms with E-state index in [1.165, 1.54) is 22.2 Å². The van der Waals surface area contributed by atoms with Gasteiger partial charge in [-0.1, -0.05) is 43.9 Å². The maximum Gasteiger partial charge on any atom is 0.139 e. The number of benzene rings is 1. The quantitative estimate of drug-likeness (QED) is 0.526. The van der Waals surface area contributed by atoms with Crippen LogP contribution >= 0.6 is 0 Å². The molecule has 0 fully saturated rings. The summed E-state index contributed by atoms with van der Waals surface area (Å²) in [5, 5.41) is 0. The van der Waals surface area contributed by atoms with E-state index < -0.39 is 0 Å². The molecule has 0 unspecified atom stereocenters. The molecule has 13 heavy (non-hydrogen) atoms. The Kier molecular flexibility index (Phi) is 2.56. The SMILES string of the molecule is Bc1cc(C)cc(C)c1C(C)(C)C. The predicted octanol–water partition coefficient (Wildman–Crippen LogP) is 1.86. The molecule has 0 N–H and O–H groups in total. The summed E-state index contributed by atoms with van der Waals surface area (Å²) in [5.41, 5.74) is 5.97. The van der Waals surface area contributed by atoms with Crippen molar-refractivity contribution in [2.75, 3.05) is 0 Å². The van der Waals surface area contributed by atoms with E-state index in [4.69, 9.17) is 0 Å². The molecule has 1 rings (SSSR count). The van der Waals surface area contributed by atoms with Gasteiger partial charge in [0.25, 0.3) is 0 Å². The van der Waals surface area contributed by atoms with Gasteiger partial charge in [0.2, 0.25) is 0 Å². The number of aryl methyl sites for hydroxylation is 2. The fraction of sp³-hybridized carbons (Fsp3) is 0.500. The van der Waals surface area contributed by atoms with Crippen molar-refractivity contribution in [3.8, 4) is 0 Å². The summed E-state index contributed by atoms with van der Waals surface area (Å²) < 4.78 is 0. The van der Waals surface area contributed by atoms with Crippen molar-refractivity contribution in [1.82, 2.24) is 0 Å². The average molecular weight is 174 g/mol. The molecule has 0 atom stereocenters. The van der Waals surface area contributed by atoms with E-state index in [2.05, 4.69) is 54.6 Å². The standard InChI is InChI=1S/C12H19B/c1-8-6-9(2)11(10(13)7-8)12(3,4)5/h6-7H,13H2,1-5H3. The molecule has 0 aliphatic rings. The third-order valence-electron chi connectivity index (χ3n) is 2.43. The van der Waals surface area contributed by atoms with Gasteiger partial charge in [-0.25, -0.2) is 0 Å². The van der Waals surface area contributed by atoms with E-state index in [9.17, 15) is 0 Å². The highest BCUT2D eigenvalue weighted by molar-refractivity contribution is 6.33. The maximum atomic E-state index is 2.28. The molecule has 70 valence electrons. The summed E-state index contributed by atoms with van der Waals surface area (Å²) in [4.78, 5) is 0. The van der Waals surface area contributed by atoms with Crippen LogP contribution in [0.3, 0.4) is 0 Å². The molecule has 0 saturated carbocycles. The molecule has 0 aromatic heterocycles. The van der Waals surface area contributed by atoms with Crippen LogP contribution in [0.4, 0.5) is 0 Å². The minimum Gasteiger partial charge on any atom is -0.0848 e. The fourth-order valence-corrected chi connectivity index (χ4v) is 2.36. The molecule has 0 nitrogen and oxygen atoms in total. The van der Waals surface area contributed by atoms with Crippen molar-refractivity contribution in [3.63, 3.8) is 0 Å². The second-order valence-corrected chi connectivity index (χ2v) is 5.02. The summed E-state index contributed by atoms with van der Waals surface area (Å²) in [5.74, 6) is 0. The van der Waals surface area contributed by atoms with Gasteiger partial charge in [-0.15, -0.1) is 0 Å². The van der Waals surface area contributed by atoms with Crippen molar-refractivity contribution in [2.45, 2.75) is 40.0 Å². The van der Waals surface area contributed by atoms with Gasteiger partial charge in [-0.05, 0) is 30.4 Å². The third kappa shape index (κ3) is 2.15. The minimum absolute atomic E-state index is 0.266. The third-order valence-corrected chi connectivity index (χ3v) is 2.43. The van der Waals surface area contributed by atoms with Gasteiger partial charge >= 0.3 is 0 Å². The lowest BCUT2D eigenvalue weighted by Gasteiger charge is -2.25. The molecule has 0 aliphatic carbocycles. The number of rotatable bonds is 0. The normalized spacial score (nSPS) is 11.8. The van der Waals surface area contributed by atoms with Crippen molar-refractivity contribution >= 4 is 13.3 Å². The Morgan fingerprint density at radius 2 is 1.62 bits per heavy atom. The molecule has 0 amide bonds. The van der Waals surface area contributed by atoms with Crippen LogP contribution in [0, 0.1) is 13.8 Å². The fourth-order valence-electron chi connectivity index (χ4n) is 2.36. The van der Waals surface area contributed by atoms with Crippen LogP contribution in [0.25, 0.3) is 0 Å². The summed E-state index contributed by atoms with van der Waals surface area (Å²) >= 11 is 0. The first-order valence-electron chi connectivity index (χ1n) is 4.90. The summed E-state index contributed by atoms with van der Waals surface area (Å²) in [6, 6.07) is 4.54. The molecule has 0 bridgehead atoms. The van der Waals surface area contributed by atoms with Crippen LogP contribution in [-0.2, 0) is 5.41 Å². The highest BCUT2D eigenvalue weighted by atomic mass is 14.2. The van der Waals surface area contributed by atoms with Crippen LogP contribution < -0.4 is 5.46 Å². The smallest absolute Gasteiger partial charge is 0.0848 e. The van der Waals surface area contributed by atoms with Crippen LogP contribution in [0.2, 0.25) is 0 Å². The monoisotopic (exact) mass is 174 g/mol. The summed E-state index contributed by atoms with van der Waals surface area (Å²) in [6.07, 6.45) is 0. The molecule has 0 aliphatic heterocycles. The lowest BCUT2D eigenvalue weighted by molar-refractivity contribution is 0.590. The van der Waals surface area contributed by atoms with Gasteiger partial charge in [0.1, 0.15) is 7.85 Å². The van der Waals surface area contributed by atoms with Crippen molar-refractivity contribution in [2.24, 2.45) is 0 Å². The summed E-state index contributed by atoms with van der Waals surface area (Å²) in [6.45, 7) is 11.2. The molecule has 1 aromatic rings. The molecule has 0 radical (unpaired) electrons. The molecule has 1 aromatic carbocycles. The van der Waals surface area contributed by atoms with Gasteiger partial charge in [0.15, 0.2) is 0 Å². The Bertz CT molecular complexity index is 295. The summed E-state index contributed by atoms with van der Waals surface area (Å²) in [7, 11) is 2.21. The largest absolute Gasteiger partial charge is 0.139 e. The van der Waals surface area contributed by atoms with E-state index in [1.807, 2.05) is 0 Å². The maximum absolute atomic E-state index is 2.28.